The van der Waals surface area contributed by atoms with Crippen molar-refractivity contribution in [1.29, 1.82) is 0 Å². The van der Waals surface area contributed by atoms with E-state index in [9.17, 15) is 0 Å². The summed E-state index contributed by atoms with van der Waals surface area (Å²) in [6, 6.07) is 4.92. The lowest BCUT2D eigenvalue weighted by Crippen LogP contribution is -2.60. The summed E-state index contributed by atoms with van der Waals surface area (Å²) < 4.78 is 5.84. The van der Waals surface area contributed by atoms with Crippen molar-refractivity contribution in [2.45, 2.75) is 50.2 Å². The molecule has 0 aromatic carbocycles. The van der Waals surface area contributed by atoms with E-state index in [1.165, 1.54) is 37.8 Å². The van der Waals surface area contributed by atoms with Gasteiger partial charge in [-0.2, -0.15) is 5.10 Å². The number of likely N-dealkylation sites (N-methyl/N-ethyl adjacent to an activating group) is 1. The highest BCUT2D eigenvalue weighted by Gasteiger charge is 2.33. The Hall–Kier alpha value is -1.20. The number of aromatic nitrogens is 2. The summed E-state index contributed by atoms with van der Waals surface area (Å²) >= 11 is 0. The van der Waals surface area contributed by atoms with Crippen LogP contribution in [0.2, 0.25) is 0 Å². The van der Waals surface area contributed by atoms with Crippen molar-refractivity contribution >= 4 is 5.82 Å². The molecule has 5 nitrogen and oxygen atoms in total. The van der Waals surface area contributed by atoms with Gasteiger partial charge in [0.1, 0.15) is 0 Å². The van der Waals surface area contributed by atoms with Crippen LogP contribution in [-0.4, -0.2) is 60.5 Å². The first-order valence-corrected chi connectivity index (χ1v) is 8.70. The minimum atomic E-state index is 0.436. The fraction of sp³-hybridized carbons (Fsp3) is 0.765. The number of nitrogens with zero attached hydrogens (tertiary/aromatic N) is 4. The summed E-state index contributed by atoms with van der Waals surface area (Å²) in [5.41, 5.74) is 1.17. The summed E-state index contributed by atoms with van der Waals surface area (Å²) in [4.78, 5) is 4.78. The molecule has 0 spiro atoms. The molecule has 5 heteroatoms. The molecule has 0 radical (unpaired) electrons. The zero-order valence-corrected chi connectivity index (χ0v) is 13.4. The third kappa shape index (κ3) is 3.10. The van der Waals surface area contributed by atoms with Crippen LogP contribution in [0.15, 0.2) is 12.1 Å². The Labute approximate surface area is 132 Å². The molecule has 0 amide bonds. The van der Waals surface area contributed by atoms with E-state index < -0.39 is 0 Å². The van der Waals surface area contributed by atoms with Crippen LogP contribution in [0.25, 0.3) is 0 Å². The summed E-state index contributed by atoms with van der Waals surface area (Å²) in [6.45, 7) is 4.12. The standard InChI is InChI=1S/C17H26N4O/c1-20(12-15-4-2-3-9-22-15)14-10-21(11-14)17-8-7-16(18-19-17)13-5-6-13/h7-8,13-15H,2-6,9-12H2,1H3. The van der Waals surface area contributed by atoms with Gasteiger partial charge in [0, 0.05) is 38.2 Å². The summed E-state index contributed by atoms with van der Waals surface area (Å²) in [7, 11) is 2.22. The first-order chi connectivity index (χ1) is 10.8. The van der Waals surface area contributed by atoms with E-state index in [1.54, 1.807) is 0 Å². The molecular weight excluding hydrogens is 276 g/mol. The molecule has 0 bridgehead atoms. The van der Waals surface area contributed by atoms with Crippen LogP contribution in [0.1, 0.15) is 43.7 Å². The molecule has 1 atom stereocenters. The van der Waals surface area contributed by atoms with Gasteiger partial charge >= 0.3 is 0 Å². The average Bonchev–Trinajstić information content (AvgIpc) is 3.32. The number of hydrogen-bond acceptors (Lipinski definition) is 5. The largest absolute Gasteiger partial charge is 0.377 e. The molecular formula is C17H26N4O. The Balaban J connectivity index is 1.25. The van der Waals surface area contributed by atoms with Gasteiger partial charge in [0.15, 0.2) is 5.82 Å². The molecule has 1 aromatic heterocycles. The van der Waals surface area contributed by atoms with E-state index in [-0.39, 0.29) is 0 Å². The summed E-state index contributed by atoms with van der Waals surface area (Å²) in [5, 5.41) is 8.79. The maximum Gasteiger partial charge on any atom is 0.151 e. The van der Waals surface area contributed by atoms with E-state index in [0.717, 1.165) is 32.1 Å². The Morgan fingerprint density at radius 3 is 2.68 bits per heavy atom. The lowest BCUT2D eigenvalue weighted by atomic mass is 10.0. The third-order valence-electron chi connectivity index (χ3n) is 5.24. The van der Waals surface area contributed by atoms with Gasteiger partial charge in [-0.25, -0.2) is 0 Å². The highest BCUT2D eigenvalue weighted by molar-refractivity contribution is 5.42. The molecule has 2 aliphatic heterocycles. The molecule has 1 saturated carbocycles. The van der Waals surface area contributed by atoms with Crippen molar-refractivity contribution in [2.75, 3.05) is 38.2 Å². The molecule has 1 aliphatic carbocycles. The van der Waals surface area contributed by atoms with Gasteiger partial charge in [-0.15, -0.1) is 5.10 Å². The highest BCUT2D eigenvalue weighted by atomic mass is 16.5. The predicted octanol–water partition coefficient (Wildman–Crippen LogP) is 2.04. The Morgan fingerprint density at radius 2 is 2.05 bits per heavy atom. The Bertz CT molecular complexity index is 490. The normalized spacial score (nSPS) is 26.3. The molecule has 3 fully saturated rings. The topological polar surface area (TPSA) is 41.5 Å². The molecule has 3 aliphatic rings. The zero-order valence-electron chi connectivity index (χ0n) is 13.4. The molecule has 22 heavy (non-hydrogen) atoms. The average molecular weight is 302 g/mol. The Kier molecular flexibility index (Phi) is 4.01. The van der Waals surface area contributed by atoms with E-state index in [2.05, 4.69) is 39.2 Å². The van der Waals surface area contributed by atoms with Gasteiger partial charge in [-0.3, -0.25) is 4.90 Å². The first-order valence-electron chi connectivity index (χ1n) is 8.70. The second-order valence-electron chi connectivity index (χ2n) is 7.08. The van der Waals surface area contributed by atoms with Gasteiger partial charge in [0.05, 0.1) is 11.8 Å². The van der Waals surface area contributed by atoms with Gasteiger partial charge in [-0.1, -0.05) is 0 Å². The highest BCUT2D eigenvalue weighted by Crippen LogP contribution is 2.38. The summed E-state index contributed by atoms with van der Waals surface area (Å²) in [6.07, 6.45) is 6.77. The van der Waals surface area contributed by atoms with E-state index >= 15 is 0 Å². The van der Waals surface area contributed by atoms with E-state index in [4.69, 9.17) is 4.74 Å². The van der Waals surface area contributed by atoms with Gasteiger partial charge < -0.3 is 9.64 Å². The van der Waals surface area contributed by atoms with Gasteiger partial charge in [0.25, 0.3) is 0 Å². The van der Waals surface area contributed by atoms with Crippen molar-refractivity contribution < 1.29 is 4.74 Å². The number of rotatable bonds is 5. The molecule has 1 unspecified atom stereocenters. The smallest absolute Gasteiger partial charge is 0.151 e. The molecule has 3 heterocycles. The van der Waals surface area contributed by atoms with Crippen LogP contribution < -0.4 is 4.90 Å². The SMILES string of the molecule is CN(CC1CCCCO1)C1CN(c2ccc(C3CC3)nn2)C1. The van der Waals surface area contributed by atoms with Crippen molar-refractivity contribution in [2.24, 2.45) is 0 Å². The lowest BCUT2D eigenvalue weighted by molar-refractivity contribution is -0.0102. The van der Waals surface area contributed by atoms with Crippen LogP contribution in [-0.2, 0) is 4.74 Å². The lowest BCUT2D eigenvalue weighted by Gasteiger charge is -2.45. The van der Waals surface area contributed by atoms with Crippen LogP contribution in [0.3, 0.4) is 0 Å². The minimum Gasteiger partial charge on any atom is -0.377 e. The number of ether oxygens (including phenoxy) is 1. The number of hydrogen-bond donors (Lipinski definition) is 0. The van der Waals surface area contributed by atoms with Crippen LogP contribution in [0.5, 0.6) is 0 Å². The van der Waals surface area contributed by atoms with Crippen LogP contribution in [0, 0.1) is 0 Å². The van der Waals surface area contributed by atoms with Crippen molar-refractivity contribution in [3.63, 3.8) is 0 Å². The van der Waals surface area contributed by atoms with Crippen LogP contribution >= 0.6 is 0 Å². The first kappa shape index (κ1) is 14.4. The van der Waals surface area contributed by atoms with E-state index in [1.807, 2.05) is 0 Å². The number of anilines is 1. The van der Waals surface area contributed by atoms with E-state index in [0.29, 0.717) is 18.1 Å². The molecule has 4 rings (SSSR count). The van der Waals surface area contributed by atoms with Gasteiger partial charge in [-0.05, 0) is 51.3 Å². The fourth-order valence-electron chi connectivity index (χ4n) is 3.44. The maximum absolute atomic E-state index is 5.84. The summed E-state index contributed by atoms with van der Waals surface area (Å²) in [5.74, 6) is 1.72. The third-order valence-corrected chi connectivity index (χ3v) is 5.24. The second kappa shape index (κ2) is 6.13. The van der Waals surface area contributed by atoms with Crippen molar-refractivity contribution in [1.82, 2.24) is 15.1 Å². The van der Waals surface area contributed by atoms with Crippen LogP contribution in [0.4, 0.5) is 5.82 Å². The zero-order chi connectivity index (χ0) is 14.9. The minimum absolute atomic E-state index is 0.436. The second-order valence-corrected chi connectivity index (χ2v) is 7.08. The Morgan fingerprint density at radius 1 is 1.18 bits per heavy atom. The van der Waals surface area contributed by atoms with Crippen molar-refractivity contribution in [3.05, 3.63) is 17.8 Å². The molecule has 0 N–H and O–H groups in total. The van der Waals surface area contributed by atoms with Gasteiger partial charge in [0.2, 0.25) is 0 Å². The monoisotopic (exact) mass is 302 g/mol. The predicted molar refractivity (Wildman–Crippen MR) is 86.2 cm³/mol. The maximum atomic E-state index is 5.84. The van der Waals surface area contributed by atoms with Crippen molar-refractivity contribution in [3.8, 4) is 0 Å². The molecule has 1 aromatic rings. The fourth-order valence-corrected chi connectivity index (χ4v) is 3.44. The quantitative estimate of drug-likeness (QED) is 0.832. The molecule has 2 saturated heterocycles. The molecule has 120 valence electrons.